The molecule has 0 aliphatic carbocycles. The molecule has 0 aliphatic heterocycles. The number of fused-ring (bicyclic) bond motifs is 1. The van der Waals surface area contributed by atoms with E-state index in [9.17, 15) is 9.59 Å². The summed E-state index contributed by atoms with van der Waals surface area (Å²) in [5, 5.41) is 4.76. The average Bonchev–Trinajstić information content (AvgIpc) is 2.87. The number of nitrogens with zero attached hydrogens (tertiary/aromatic N) is 1. The number of thioether (sulfide) groups is 1. The number of aromatic amines is 2. The lowest BCUT2D eigenvalue weighted by molar-refractivity contribution is 0.428. The van der Waals surface area contributed by atoms with Gasteiger partial charge in [0.25, 0.3) is 0 Å². The lowest BCUT2D eigenvalue weighted by Gasteiger charge is -2.01. The summed E-state index contributed by atoms with van der Waals surface area (Å²) < 4.78 is 4.87. The highest BCUT2D eigenvalue weighted by atomic mass is 32.2. The second-order valence-electron chi connectivity index (χ2n) is 3.92. The van der Waals surface area contributed by atoms with Crippen molar-refractivity contribution in [3.8, 4) is 0 Å². The Morgan fingerprint density at radius 1 is 1.26 bits per heavy atom. The smallest absolute Gasteiger partial charge is 0.313 e. The molecule has 2 aromatic heterocycles. The Balaban J connectivity index is 1.79. The van der Waals surface area contributed by atoms with Crippen LogP contribution in [0.5, 0.6) is 0 Å². The summed E-state index contributed by atoms with van der Waals surface area (Å²) in [5.74, 6) is 0.558. The largest absolute Gasteiger partial charge is 0.364 e. The normalized spacial score (nSPS) is 10.9. The van der Waals surface area contributed by atoms with Crippen LogP contribution in [-0.4, -0.2) is 15.1 Å². The van der Waals surface area contributed by atoms with Crippen molar-refractivity contribution in [2.24, 2.45) is 0 Å². The first-order valence-corrected chi connectivity index (χ1v) is 6.49. The number of nitrogens with one attached hydrogen (secondary N) is 2. The van der Waals surface area contributed by atoms with Gasteiger partial charge in [0.05, 0.1) is 0 Å². The number of rotatable bonds is 3. The van der Waals surface area contributed by atoms with Gasteiger partial charge in [-0.1, -0.05) is 5.16 Å². The maximum atomic E-state index is 11.2. The summed E-state index contributed by atoms with van der Waals surface area (Å²) in [7, 11) is 0. The summed E-state index contributed by atoms with van der Waals surface area (Å²) in [5.41, 5.74) is 0.203. The van der Waals surface area contributed by atoms with E-state index < -0.39 is 11.1 Å². The van der Waals surface area contributed by atoms with Crippen LogP contribution in [0, 0.1) is 0 Å². The number of hydrogen-bond acceptors (Lipinski definition) is 5. The number of aromatic nitrogens is 3. The molecule has 3 aromatic rings. The van der Waals surface area contributed by atoms with E-state index in [0.717, 1.165) is 15.8 Å². The SMILES string of the molecule is O=c1[nH]cc(CSc2ccc3nocc3c2)[nH]c1=O. The Labute approximate surface area is 110 Å². The van der Waals surface area contributed by atoms with Crippen LogP contribution in [0.2, 0.25) is 0 Å². The molecule has 7 heteroatoms. The van der Waals surface area contributed by atoms with Gasteiger partial charge in [-0.15, -0.1) is 11.8 Å². The molecular formula is C12H9N3O3S. The second-order valence-corrected chi connectivity index (χ2v) is 4.97. The van der Waals surface area contributed by atoms with E-state index in [4.69, 9.17) is 4.52 Å². The maximum Gasteiger partial charge on any atom is 0.313 e. The Hall–Kier alpha value is -2.28. The predicted molar refractivity (Wildman–Crippen MR) is 71.3 cm³/mol. The first-order chi connectivity index (χ1) is 9.22. The van der Waals surface area contributed by atoms with Gasteiger partial charge in [-0.2, -0.15) is 0 Å². The fraction of sp³-hybridized carbons (Fsp3) is 0.0833. The van der Waals surface area contributed by atoms with Crippen molar-refractivity contribution in [1.82, 2.24) is 15.1 Å². The minimum Gasteiger partial charge on any atom is -0.364 e. The van der Waals surface area contributed by atoms with Gasteiger partial charge >= 0.3 is 11.1 Å². The van der Waals surface area contributed by atoms with Crippen molar-refractivity contribution in [3.05, 3.63) is 57.1 Å². The number of hydrogen-bond donors (Lipinski definition) is 2. The molecule has 0 bridgehead atoms. The van der Waals surface area contributed by atoms with Gasteiger partial charge in [0.2, 0.25) is 0 Å². The fourth-order valence-corrected chi connectivity index (χ4v) is 2.49. The molecule has 96 valence electrons. The minimum absolute atomic E-state index is 0.558. The van der Waals surface area contributed by atoms with Gasteiger partial charge in [0.15, 0.2) is 0 Å². The van der Waals surface area contributed by atoms with Crippen LogP contribution in [0.15, 0.2) is 49.7 Å². The van der Waals surface area contributed by atoms with Gasteiger partial charge in [0, 0.05) is 27.9 Å². The molecule has 0 unspecified atom stereocenters. The summed E-state index contributed by atoms with van der Waals surface area (Å²) in [6.07, 6.45) is 3.09. The van der Waals surface area contributed by atoms with Gasteiger partial charge in [0.1, 0.15) is 11.8 Å². The van der Waals surface area contributed by atoms with Crippen molar-refractivity contribution in [3.63, 3.8) is 0 Å². The van der Waals surface area contributed by atoms with Gasteiger partial charge in [-0.25, -0.2) is 0 Å². The molecular weight excluding hydrogens is 266 g/mol. The van der Waals surface area contributed by atoms with Crippen LogP contribution in [-0.2, 0) is 5.75 Å². The first-order valence-electron chi connectivity index (χ1n) is 5.50. The maximum absolute atomic E-state index is 11.2. The van der Waals surface area contributed by atoms with Crippen LogP contribution in [0.25, 0.3) is 10.9 Å². The van der Waals surface area contributed by atoms with E-state index in [-0.39, 0.29) is 0 Å². The zero-order chi connectivity index (χ0) is 13.2. The van der Waals surface area contributed by atoms with Gasteiger partial charge < -0.3 is 14.5 Å². The van der Waals surface area contributed by atoms with E-state index in [1.165, 1.54) is 6.20 Å². The van der Waals surface area contributed by atoms with Crippen molar-refractivity contribution < 1.29 is 4.52 Å². The molecule has 0 amide bonds. The van der Waals surface area contributed by atoms with Crippen LogP contribution < -0.4 is 11.1 Å². The van der Waals surface area contributed by atoms with Crippen LogP contribution in [0.3, 0.4) is 0 Å². The molecule has 0 spiro atoms. The van der Waals surface area contributed by atoms with E-state index in [0.29, 0.717) is 11.4 Å². The van der Waals surface area contributed by atoms with Crippen LogP contribution in [0.1, 0.15) is 5.69 Å². The zero-order valence-corrected chi connectivity index (χ0v) is 10.5. The number of H-pyrrole nitrogens is 2. The van der Waals surface area contributed by atoms with Crippen molar-refractivity contribution in [1.29, 1.82) is 0 Å². The minimum atomic E-state index is -0.639. The van der Waals surface area contributed by atoms with Crippen LogP contribution >= 0.6 is 11.8 Å². The van der Waals surface area contributed by atoms with Crippen LogP contribution in [0.4, 0.5) is 0 Å². The lowest BCUT2D eigenvalue weighted by atomic mass is 10.3. The molecule has 0 saturated heterocycles. The van der Waals surface area contributed by atoms with E-state index in [1.807, 2.05) is 18.2 Å². The fourth-order valence-electron chi connectivity index (χ4n) is 1.64. The quantitative estimate of drug-likeness (QED) is 0.558. The highest BCUT2D eigenvalue weighted by molar-refractivity contribution is 7.98. The van der Waals surface area contributed by atoms with E-state index in [1.54, 1.807) is 18.0 Å². The topological polar surface area (TPSA) is 91.8 Å². The highest BCUT2D eigenvalue weighted by Crippen LogP contribution is 2.25. The third-order valence-corrected chi connectivity index (χ3v) is 3.62. The lowest BCUT2D eigenvalue weighted by Crippen LogP contribution is -2.29. The molecule has 3 rings (SSSR count). The van der Waals surface area contributed by atoms with E-state index >= 15 is 0 Å². The molecule has 2 N–H and O–H groups in total. The highest BCUT2D eigenvalue weighted by Gasteiger charge is 2.02. The summed E-state index contributed by atoms with van der Waals surface area (Å²) in [6.45, 7) is 0. The number of benzene rings is 1. The average molecular weight is 275 g/mol. The van der Waals surface area contributed by atoms with Crippen molar-refractivity contribution in [2.75, 3.05) is 0 Å². The summed E-state index contributed by atoms with van der Waals surface area (Å²) >= 11 is 1.54. The molecule has 6 nitrogen and oxygen atoms in total. The van der Waals surface area contributed by atoms with Gasteiger partial charge in [-0.3, -0.25) is 9.59 Å². The molecule has 0 saturated carbocycles. The monoisotopic (exact) mass is 275 g/mol. The molecule has 19 heavy (non-hydrogen) atoms. The third kappa shape index (κ3) is 2.45. The van der Waals surface area contributed by atoms with Gasteiger partial charge in [-0.05, 0) is 18.2 Å². The zero-order valence-electron chi connectivity index (χ0n) is 9.67. The standard InChI is InChI=1S/C12H9N3O3S/c16-11-12(17)14-8(4-13-11)6-19-9-1-2-10-7(3-9)5-18-15-10/h1-5H,6H2,(H,13,16)(H,14,17). The molecule has 1 aromatic carbocycles. The summed E-state index contributed by atoms with van der Waals surface area (Å²) in [4.78, 5) is 28.1. The third-order valence-electron chi connectivity index (χ3n) is 2.58. The molecule has 0 atom stereocenters. The van der Waals surface area contributed by atoms with Crippen molar-refractivity contribution in [2.45, 2.75) is 10.6 Å². The predicted octanol–water partition coefficient (Wildman–Crippen LogP) is 1.50. The van der Waals surface area contributed by atoms with Crippen molar-refractivity contribution >= 4 is 22.7 Å². The van der Waals surface area contributed by atoms with E-state index in [2.05, 4.69) is 15.1 Å². The summed E-state index contributed by atoms with van der Waals surface area (Å²) in [6, 6.07) is 5.76. The Morgan fingerprint density at radius 3 is 3.00 bits per heavy atom. The first kappa shape index (κ1) is 11.8. The Bertz CT molecular complexity index is 834. The molecule has 0 aliphatic rings. The Morgan fingerprint density at radius 2 is 2.16 bits per heavy atom. The Kier molecular flexibility index (Phi) is 2.96. The molecule has 2 heterocycles. The molecule has 0 radical (unpaired) electrons. The molecule has 0 fully saturated rings. The second kappa shape index (κ2) is 4.77.